The lowest BCUT2D eigenvalue weighted by molar-refractivity contribution is -0.135. The van der Waals surface area contributed by atoms with E-state index in [1.165, 1.54) is 0 Å². The Morgan fingerprint density at radius 2 is 1.56 bits per heavy atom. The predicted octanol–water partition coefficient (Wildman–Crippen LogP) is 3.83. The van der Waals surface area contributed by atoms with Crippen molar-refractivity contribution in [1.29, 1.82) is 0 Å². The second kappa shape index (κ2) is 7.59. The van der Waals surface area contributed by atoms with Crippen LogP contribution >= 0.6 is 23.2 Å². The minimum Gasteiger partial charge on any atom is -0.398 e. The highest BCUT2D eigenvalue weighted by molar-refractivity contribution is 6.59. The van der Waals surface area contributed by atoms with Crippen LogP contribution in [0, 0.1) is 0 Å². The average molecular weight is 380 g/mol. The van der Waals surface area contributed by atoms with Gasteiger partial charge in [-0.1, -0.05) is 59.0 Å². The maximum atomic E-state index is 10.2. The summed E-state index contributed by atoms with van der Waals surface area (Å²) in [5, 5.41) is 11.3. The zero-order chi connectivity index (χ0) is 18.8. The molecule has 0 aliphatic carbocycles. The van der Waals surface area contributed by atoms with Gasteiger partial charge in [-0.05, 0) is 33.8 Å². The van der Waals surface area contributed by atoms with Gasteiger partial charge in [0.1, 0.15) is 0 Å². The van der Waals surface area contributed by atoms with E-state index in [2.05, 4.69) is 0 Å². The average Bonchev–Trinajstić information content (AvgIpc) is 2.51. The Bertz CT molecular complexity index is 758. The third-order valence-electron chi connectivity index (χ3n) is 4.71. The van der Waals surface area contributed by atoms with Gasteiger partial charge in [-0.2, -0.15) is 0 Å². The predicted molar refractivity (Wildman–Crippen MR) is 109 cm³/mol. The first-order valence-corrected chi connectivity index (χ1v) is 8.98. The standard InChI is InChI=1S/C19H24BCl2NO2/c1-18(2,24)19(3,4)25-11-20-14-9-5-7-12(16(14)21)13-8-6-10-15(23)17(13)22/h5-10,20,24H,11,23H2,1-4H3. The number of nitrogens with two attached hydrogens (primary N) is 1. The number of ether oxygens (including phenoxy) is 1. The summed E-state index contributed by atoms with van der Waals surface area (Å²) in [5.74, 6) is 0. The van der Waals surface area contributed by atoms with Crippen LogP contribution in [0.25, 0.3) is 11.1 Å². The third-order valence-corrected chi connectivity index (χ3v) is 5.57. The number of aliphatic hydroxyl groups is 1. The van der Waals surface area contributed by atoms with Crippen molar-refractivity contribution in [1.82, 2.24) is 0 Å². The zero-order valence-electron chi connectivity index (χ0n) is 15.1. The minimum atomic E-state index is -0.937. The highest BCUT2D eigenvalue weighted by atomic mass is 35.5. The second-order valence-corrected chi connectivity index (χ2v) is 7.91. The Labute approximate surface area is 160 Å². The van der Waals surface area contributed by atoms with Gasteiger partial charge in [0.05, 0.1) is 21.9 Å². The molecule has 0 atom stereocenters. The first-order chi connectivity index (χ1) is 11.5. The van der Waals surface area contributed by atoms with Crippen LogP contribution in [0.3, 0.4) is 0 Å². The van der Waals surface area contributed by atoms with Crippen molar-refractivity contribution in [2.45, 2.75) is 38.9 Å². The fourth-order valence-corrected chi connectivity index (χ4v) is 2.88. The summed E-state index contributed by atoms with van der Waals surface area (Å²) < 4.78 is 5.89. The van der Waals surface area contributed by atoms with E-state index in [1.54, 1.807) is 19.9 Å². The highest BCUT2D eigenvalue weighted by Crippen LogP contribution is 2.35. The smallest absolute Gasteiger partial charge is 0.190 e. The summed E-state index contributed by atoms with van der Waals surface area (Å²) in [6.07, 6.45) is 0. The van der Waals surface area contributed by atoms with E-state index in [0.717, 1.165) is 16.6 Å². The van der Waals surface area contributed by atoms with Gasteiger partial charge in [0.2, 0.25) is 0 Å². The molecule has 0 spiro atoms. The second-order valence-electron chi connectivity index (χ2n) is 7.16. The number of halogens is 2. The Morgan fingerprint density at radius 1 is 1.00 bits per heavy atom. The van der Waals surface area contributed by atoms with Crippen molar-refractivity contribution in [3.63, 3.8) is 0 Å². The summed E-state index contributed by atoms with van der Waals surface area (Å²) >= 11 is 12.9. The fourth-order valence-electron chi connectivity index (χ4n) is 2.33. The topological polar surface area (TPSA) is 55.5 Å². The van der Waals surface area contributed by atoms with Crippen LogP contribution < -0.4 is 11.2 Å². The Morgan fingerprint density at radius 3 is 2.16 bits per heavy atom. The van der Waals surface area contributed by atoms with Crippen molar-refractivity contribution in [3.05, 3.63) is 46.4 Å². The molecule has 0 bridgehead atoms. The fraction of sp³-hybridized carbons (Fsp3) is 0.368. The SMILES string of the molecule is CC(C)(O)C(C)(C)OCBc1cccc(-c2cccc(N)c2Cl)c1Cl. The van der Waals surface area contributed by atoms with E-state index in [0.29, 0.717) is 29.5 Å². The number of hydrogen-bond acceptors (Lipinski definition) is 3. The Balaban J connectivity index is 2.21. The van der Waals surface area contributed by atoms with E-state index in [1.807, 2.05) is 44.2 Å². The normalized spacial score (nSPS) is 12.3. The molecule has 0 aliphatic heterocycles. The molecule has 2 rings (SSSR count). The number of anilines is 1. The Kier molecular flexibility index (Phi) is 6.11. The molecule has 25 heavy (non-hydrogen) atoms. The molecule has 134 valence electrons. The molecule has 0 heterocycles. The van der Waals surface area contributed by atoms with E-state index >= 15 is 0 Å². The van der Waals surface area contributed by atoms with Crippen LogP contribution in [0.2, 0.25) is 10.0 Å². The van der Waals surface area contributed by atoms with Crippen LogP contribution in [0.1, 0.15) is 27.7 Å². The highest BCUT2D eigenvalue weighted by Gasteiger charge is 2.35. The van der Waals surface area contributed by atoms with Gasteiger partial charge >= 0.3 is 0 Å². The first-order valence-electron chi connectivity index (χ1n) is 8.22. The lowest BCUT2D eigenvalue weighted by Gasteiger charge is -2.37. The number of rotatable bonds is 6. The molecule has 0 saturated heterocycles. The van der Waals surface area contributed by atoms with Crippen LogP contribution in [-0.2, 0) is 4.74 Å². The molecular formula is C19H24BCl2NO2. The van der Waals surface area contributed by atoms with Gasteiger partial charge in [-0.25, -0.2) is 0 Å². The van der Waals surface area contributed by atoms with Gasteiger partial charge in [-0.3, -0.25) is 0 Å². The van der Waals surface area contributed by atoms with E-state index in [9.17, 15) is 5.11 Å². The van der Waals surface area contributed by atoms with Crippen molar-refractivity contribution in [3.8, 4) is 11.1 Å². The first kappa shape index (κ1) is 20.1. The van der Waals surface area contributed by atoms with Crippen LogP contribution in [0.4, 0.5) is 5.69 Å². The van der Waals surface area contributed by atoms with Crippen LogP contribution in [0.5, 0.6) is 0 Å². The molecule has 0 saturated carbocycles. The summed E-state index contributed by atoms with van der Waals surface area (Å²) in [5.41, 5.74) is 7.44. The van der Waals surface area contributed by atoms with E-state index in [4.69, 9.17) is 33.7 Å². The monoisotopic (exact) mass is 379 g/mol. The van der Waals surface area contributed by atoms with Gasteiger partial charge in [-0.15, -0.1) is 0 Å². The number of nitrogen functional groups attached to an aromatic ring is 1. The molecule has 2 aromatic rings. The van der Waals surface area contributed by atoms with E-state index in [-0.39, 0.29) is 0 Å². The minimum absolute atomic E-state index is 0.449. The summed E-state index contributed by atoms with van der Waals surface area (Å²) in [4.78, 5) is 0. The van der Waals surface area contributed by atoms with Crippen molar-refractivity contribution in [2.75, 3.05) is 12.2 Å². The molecule has 3 N–H and O–H groups in total. The molecule has 2 aromatic carbocycles. The zero-order valence-corrected chi connectivity index (χ0v) is 16.6. The van der Waals surface area contributed by atoms with Crippen LogP contribution in [0.15, 0.2) is 36.4 Å². The molecule has 3 nitrogen and oxygen atoms in total. The molecule has 0 fully saturated rings. The van der Waals surface area contributed by atoms with Crippen molar-refractivity contribution in [2.24, 2.45) is 0 Å². The number of hydrogen-bond donors (Lipinski definition) is 2. The lowest BCUT2D eigenvalue weighted by Crippen LogP contribution is -2.48. The van der Waals surface area contributed by atoms with Crippen molar-refractivity contribution >= 4 is 41.6 Å². The van der Waals surface area contributed by atoms with Gasteiger partial charge in [0.15, 0.2) is 7.28 Å². The summed E-state index contributed by atoms with van der Waals surface area (Å²) in [7, 11) is 0.631. The Hall–Kier alpha value is -1.20. The lowest BCUT2D eigenvalue weighted by atomic mass is 9.70. The molecule has 0 amide bonds. The summed E-state index contributed by atoms with van der Waals surface area (Å²) in [6, 6.07) is 11.3. The van der Waals surface area contributed by atoms with Crippen LogP contribution in [-0.4, -0.2) is 30.1 Å². The largest absolute Gasteiger partial charge is 0.398 e. The molecule has 0 radical (unpaired) electrons. The number of benzene rings is 2. The molecule has 0 unspecified atom stereocenters. The molecule has 6 heteroatoms. The molecular weight excluding hydrogens is 356 g/mol. The van der Waals surface area contributed by atoms with Gasteiger partial charge < -0.3 is 15.6 Å². The van der Waals surface area contributed by atoms with Gasteiger partial charge in [0, 0.05) is 22.7 Å². The molecule has 0 aromatic heterocycles. The summed E-state index contributed by atoms with van der Waals surface area (Å²) in [6.45, 7) is 7.67. The molecule has 0 aliphatic rings. The van der Waals surface area contributed by atoms with E-state index < -0.39 is 11.2 Å². The van der Waals surface area contributed by atoms with Gasteiger partial charge in [0.25, 0.3) is 0 Å². The van der Waals surface area contributed by atoms with Crippen molar-refractivity contribution < 1.29 is 9.84 Å². The quantitative estimate of drug-likeness (QED) is 0.592. The third kappa shape index (κ3) is 4.51. The maximum absolute atomic E-state index is 10.2. The maximum Gasteiger partial charge on any atom is 0.190 e.